The van der Waals surface area contributed by atoms with Gasteiger partial charge < -0.3 is 14.4 Å². The highest BCUT2D eigenvalue weighted by Crippen LogP contribution is 2.34. The Kier molecular flexibility index (Phi) is 6.15. The maximum atomic E-state index is 12.8. The highest BCUT2D eigenvalue weighted by molar-refractivity contribution is 7.99. The van der Waals surface area contributed by atoms with E-state index in [9.17, 15) is 4.79 Å². The molecule has 6 heteroatoms. The summed E-state index contributed by atoms with van der Waals surface area (Å²) >= 11 is 1.52. The fourth-order valence-corrected chi connectivity index (χ4v) is 4.71. The van der Waals surface area contributed by atoms with Gasteiger partial charge in [-0.1, -0.05) is 11.8 Å². The third-order valence-corrected chi connectivity index (χ3v) is 6.36. The van der Waals surface area contributed by atoms with E-state index in [4.69, 9.17) is 14.5 Å². The second-order valence-corrected chi connectivity index (χ2v) is 8.19. The molecule has 0 N–H and O–H groups in total. The minimum atomic E-state index is 0.202. The summed E-state index contributed by atoms with van der Waals surface area (Å²) < 4.78 is 10.8. The van der Waals surface area contributed by atoms with Crippen LogP contribution in [0.25, 0.3) is 10.9 Å². The third-order valence-electron chi connectivity index (χ3n) is 5.28. The van der Waals surface area contributed by atoms with Crippen LogP contribution >= 0.6 is 11.8 Å². The van der Waals surface area contributed by atoms with E-state index in [0.29, 0.717) is 29.3 Å². The summed E-state index contributed by atoms with van der Waals surface area (Å²) in [6, 6.07) is 6.55. The summed E-state index contributed by atoms with van der Waals surface area (Å²) in [4.78, 5) is 19.6. The average Bonchev–Trinajstić information content (AvgIpc) is 2.65. The van der Waals surface area contributed by atoms with Crippen molar-refractivity contribution in [1.82, 2.24) is 9.88 Å². The lowest BCUT2D eigenvalue weighted by Gasteiger charge is -2.39. The molecule has 2 heterocycles. The molecule has 5 nitrogen and oxygen atoms in total. The molecular weight excluding hydrogens is 360 g/mol. The van der Waals surface area contributed by atoms with Crippen molar-refractivity contribution >= 4 is 28.6 Å². The molecule has 1 aliphatic rings. The first-order valence-corrected chi connectivity index (χ1v) is 10.4. The number of fused-ring (bicyclic) bond motifs is 1. The predicted molar refractivity (Wildman–Crippen MR) is 110 cm³/mol. The van der Waals surface area contributed by atoms with E-state index < -0.39 is 0 Å². The Hall–Kier alpha value is -1.95. The Bertz CT molecular complexity index is 830. The summed E-state index contributed by atoms with van der Waals surface area (Å²) in [5, 5.41) is 1.89. The molecular formula is C21H28N2O3S. The van der Waals surface area contributed by atoms with Crippen LogP contribution in [0.15, 0.2) is 23.2 Å². The number of methoxy groups -OCH3 is 2. The number of nitrogens with zero attached hydrogens (tertiary/aromatic N) is 2. The topological polar surface area (TPSA) is 51.7 Å². The molecule has 1 aromatic heterocycles. The highest BCUT2D eigenvalue weighted by atomic mass is 32.2. The number of ether oxygens (including phenoxy) is 2. The zero-order chi connectivity index (χ0) is 19.6. The first-order valence-electron chi connectivity index (χ1n) is 9.42. The van der Waals surface area contributed by atoms with Gasteiger partial charge in [-0.05, 0) is 57.7 Å². The predicted octanol–water partition coefficient (Wildman–Crippen LogP) is 4.44. The Labute approximate surface area is 165 Å². The van der Waals surface area contributed by atoms with Gasteiger partial charge in [-0.2, -0.15) is 0 Å². The van der Waals surface area contributed by atoms with Gasteiger partial charge in [0.2, 0.25) is 5.91 Å². The summed E-state index contributed by atoms with van der Waals surface area (Å²) in [5.41, 5.74) is 1.90. The molecule has 1 amide bonds. The largest absolute Gasteiger partial charge is 0.493 e. The van der Waals surface area contributed by atoms with Crippen LogP contribution in [0.3, 0.4) is 0 Å². The maximum absolute atomic E-state index is 12.8. The number of likely N-dealkylation sites (tertiary alicyclic amines) is 1. The number of piperidine rings is 1. The van der Waals surface area contributed by atoms with Crippen molar-refractivity contribution in [3.8, 4) is 11.5 Å². The molecule has 2 atom stereocenters. The Balaban J connectivity index is 1.80. The normalized spacial score (nSPS) is 20.0. The molecule has 1 saturated heterocycles. The number of carbonyl (C=O) groups excluding carboxylic acids is 1. The van der Waals surface area contributed by atoms with E-state index in [0.717, 1.165) is 34.3 Å². The molecule has 1 aliphatic heterocycles. The number of rotatable bonds is 5. The van der Waals surface area contributed by atoms with Gasteiger partial charge in [0.15, 0.2) is 11.5 Å². The van der Waals surface area contributed by atoms with Crippen LogP contribution in [-0.2, 0) is 4.79 Å². The molecule has 146 valence electrons. The van der Waals surface area contributed by atoms with Crippen molar-refractivity contribution < 1.29 is 14.3 Å². The van der Waals surface area contributed by atoms with Crippen LogP contribution in [0.5, 0.6) is 11.5 Å². The van der Waals surface area contributed by atoms with Gasteiger partial charge in [0, 0.05) is 23.5 Å². The van der Waals surface area contributed by atoms with Gasteiger partial charge in [0.25, 0.3) is 0 Å². The molecule has 0 saturated carbocycles. The molecule has 3 rings (SSSR count). The minimum absolute atomic E-state index is 0.202. The minimum Gasteiger partial charge on any atom is -0.493 e. The molecule has 2 aromatic rings. The average molecular weight is 389 g/mol. The number of aryl methyl sites for hydroxylation is 1. The molecule has 27 heavy (non-hydrogen) atoms. The van der Waals surface area contributed by atoms with Gasteiger partial charge in [0.1, 0.15) is 5.03 Å². The number of thioether (sulfide) groups is 1. The van der Waals surface area contributed by atoms with E-state index in [1.54, 1.807) is 14.2 Å². The lowest BCUT2D eigenvalue weighted by molar-refractivity contribution is -0.134. The zero-order valence-electron chi connectivity index (χ0n) is 16.7. The number of benzene rings is 1. The SMILES string of the molecule is COc1cc2cc(C)c(SCC(=O)N3C(C)CCCC3C)nc2cc1OC. The third kappa shape index (κ3) is 4.15. The molecule has 0 aliphatic carbocycles. The number of hydrogen-bond acceptors (Lipinski definition) is 5. The van der Waals surface area contributed by atoms with Crippen molar-refractivity contribution in [2.75, 3.05) is 20.0 Å². The molecule has 0 radical (unpaired) electrons. The van der Waals surface area contributed by atoms with Crippen molar-refractivity contribution in [2.24, 2.45) is 0 Å². The number of aromatic nitrogens is 1. The molecule has 0 bridgehead atoms. The van der Waals surface area contributed by atoms with Gasteiger partial charge in [-0.3, -0.25) is 4.79 Å². The summed E-state index contributed by atoms with van der Waals surface area (Å²) in [7, 11) is 3.25. The molecule has 1 aromatic carbocycles. The summed E-state index contributed by atoms with van der Waals surface area (Å²) in [5.74, 6) is 1.97. The van der Waals surface area contributed by atoms with Crippen LogP contribution in [0.4, 0.5) is 0 Å². The lowest BCUT2D eigenvalue weighted by atomic mass is 9.98. The van der Waals surface area contributed by atoms with Gasteiger partial charge in [0.05, 0.1) is 25.5 Å². The Morgan fingerprint density at radius 1 is 1.15 bits per heavy atom. The second kappa shape index (κ2) is 8.38. The van der Waals surface area contributed by atoms with E-state index in [1.165, 1.54) is 18.2 Å². The van der Waals surface area contributed by atoms with E-state index in [1.807, 2.05) is 19.1 Å². The first kappa shape index (κ1) is 19.8. The van der Waals surface area contributed by atoms with Crippen molar-refractivity contribution in [2.45, 2.75) is 57.1 Å². The fourth-order valence-electron chi connectivity index (χ4n) is 3.85. The number of pyridine rings is 1. The quantitative estimate of drug-likeness (QED) is 0.709. The van der Waals surface area contributed by atoms with Gasteiger partial charge in [-0.25, -0.2) is 4.98 Å². The van der Waals surface area contributed by atoms with Crippen LogP contribution in [0.1, 0.15) is 38.7 Å². The second-order valence-electron chi connectivity index (χ2n) is 7.23. The van der Waals surface area contributed by atoms with Gasteiger partial charge in [-0.15, -0.1) is 0 Å². The van der Waals surface area contributed by atoms with Crippen molar-refractivity contribution in [3.05, 3.63) is 23.8 Å². The number of hydrogen-bond donors (Lipinski definition) is 0. The van der Waals surface area contributed by atoms with Crippen molar-refractivity contribution in [1.29, 1.82) is 0 Å². The maximum Gasteiger partial charge on any atom is 0.233 e. The molecule has 0 spiro atoms. The molecule has 2 unspecified atom stereocenters. The molecule has 1 fully saturated rings. The zero-order valence-corrected chi connectivity index (χ0v) is 17.6. The smallest absolute Gasteiger partial charge is 0.233 e. The number of amides is 1. The standard InChI is InChI=1S/C21H28N2O3S/c1-13-9-16-10-18(25-4)19(26-5)11-17(16)22-21(13)27-12-20(24)23-14(2)7-6-8-15(23)3/h9-11,14-15H,6-8,12H2,1-5H3. The van der Waals surface area contributed by atoms with Crippen LogP contribution < -0.4 is 9.47 Å². The lowest BCUT2D eigenvalue weighted by Crippen LogP contribution is -2.48. The number of carbonyl (C=O) groups is 1. The Morgan fingerprint density at radius 3 is 2.41 bits per heavy atom. The fraction of sp³-hybridized carbons (Fsp3) is 0.524. The monoisotopic (exact) mass is 388 g/mol. The summed E-state index contributed by atoms with van der Waals surface area (Å²) in [6.07, 6.45) is 3.39. The summed E-state index contributed by atoms with van der Waals surface area (Å²) in [6.45, 7) is 6.33. The first-order chi connectivity index (χ1) is 12.9. The van der Waals surface area contributed by atoms with E-state index in [-0.39, 0.29) is 5.91 Å². The van der Waals surface area contributed by atoms with E-state index >= 15 is 0 Å². The van der Waals surface area contributed by atoms with Crippen LogP contribution in [0.2, 0.25) is 0 Å². The Morgan fingerprint density at radius 2 is 1.78 bits per heavy atom. The van der Waals surface area contributed by atoms with Crippen LogP contribution in [-0.4, -0.2) is 47.8 Å². The van der Waals surface area contributed by atoms with Gasteiger partial charge >= 0.3 is 0 Å². The van der Waals surface area contributed by atoms with Crippen LogP contribution in [0, 0.1) is 6.92 Å². The van der Waals surface area contributed by atoms with E-state index in [2.05, 4.69) is 24.8 Å². The highest BCUT2D eigenvalue weighted by Gasteiger charge is 2.28. The van der Waals surface area contributed by atoms with Crippen molar-refractivity contribution in [3.63, 3.8) is 0 Å².